The first-order valence-electron chi connectivity index (χ1n) is 3.12. The molecule has 0 N–H and O–H groups in total. The molecule has 0 atom stereocenters. The molecule has 0 amide bonds. The van der Waals surface area contributed by atoms with Crippen molar-refractivity contribution in [1.82, 2.24) is 0 Å². The zero-order valence-corrected chi connectivity index (χ0v) is 6.70. The Morgan fingerprint density at radius 3 is 2.83 bits per heavy atom. The van der Waals surface area contributed by atoms with E-state index < -0.39 is 5.97 Å². The lowest BCUT2D eigenvalue weighted by Gasteiger charge is -2.01. The SMILES string of the molecule is C=C(C)C(=O)OCOCN=C=O. The first-order chi connectivity index (χ1) is 5.68. The average molecular weight is 171 g/mol. The number of ether oxygens (including phenoxy) is 2. The first kappa shape index (κ1) is 10.6. The molecule has 66 valence electrons. The van der Waals surface area contributed by atoms with Gasteiger partial charge in [0.15, 0.2) is 13.5 Å². The molecule has 0 spiro atoms. The zero-order valence-electron chi connectivity index (χ0n) is 6.70. The molecule has 0 aromatic carbocycles. The summed E-state index contributed by atoms with van der Waals surface area (Å²) in [6.45, 7) is 4.48. The molecule has 5 heteroatoms. The van der Waals surface area contributed by atoms with Gasteiger partial charge >= 0.3 is 5.97 Å². The Hall–Kier alpha value is -1.45. The molecule has 0 saturated heterocycles. The topological polar surface area (TPSA) is 65.0 Å². The van der Waals surface area contributed by atoms with Gasteiger partial charge in [-0.2, -0.15) is 4.99 Å². The van der Waals surface area contributed by atoms with E-state index >= 15 is 0 Å². The lowest BCUT2D eigenvalue weighted by molar-refractivity contribution is -0.151. The van der Waals surface area contributed by atoms with Gasteiger partial charge in [0.25, 0.3) is 0 Å². The molecule has 0 aromatic heterocycles. The van der Waals surface area contributed by atoms with Crippen LogP contribution in [0.25, 0.3) is 0 Å². The molecule has 0 aromatic rings. The second kappa shape index (κ2) is 6.27. The fourth-order valence-electron chi connectivity index (χ4n) is 0.328. The molecule has 0 unspecified atom stereocenters. The highest BCUT2D eigenvalue weighted by atomic mass is 16.7. The van der Waals surface area contributed by atoms with Crippen molar-refractivity contribution in [2.24, 2.45) is 4.99 Å². The summed E-state index contributed by atoms with van der Waals surface area (Å²) in [5.74, 6) is -0.537. The minimum atomic E-state index is -0.537. The van der Waals surface area contributed by atoms with Gasteiger partial charge in [-0.15, -0.1) is 0 Å². The molecule has 5 nitrogen and oxygen atoms in total. The molecule has 12 heavy (non-hydrogen) atoms. The third-order valence-electron chi connectivity index (χ3n) is 0.842. The Kier molecular flexibility index (Phi) is 5.51. The van der Waals surface area contributed by atoms with Crippen LogP contribution in [0.15, 0.2) is 17.1 Å². The second-order valence-corrected chi connectivity index (χ2v) is 1.91. The van der Waals surface area contributed by atoms with E-state index in [-0.39, 0.29) is 19.1 Å². The zero-order chi connectivity index (χ0) is 9.40. The van der Waals surface area contributed by atoms with Crippen LogP contribution in [0.3, 0.4) is 0 Å². The van der Waals surface area contributed by atoms with E-state index in [0.29, 0.717) is 0 Å². The number of carbonyl (C=O) groups is 1. The number of carbonyl (C=O) groups excluding carboxylic acids is 2. The van der Waals surface area contributed by atoms with Crippen molar-refractivity contribution in [3.05, 3.63) is 12.2 Å². The van der Waals surface area contributed by atoms with Crippen LogP contribution in [0.5, 0.6) is 0 Å². The molecule has 0 bridgehead atoms. The van der Waals surface area contributed by atoms with Crippen LogP contribution in [0, 0.1) is 0 Å². The third-order valence-corrected chi connectivity index (χ3v) is 0.842. The third kappa shape index (κ3) is 5.34. The van der Waals surface area contributed by atoms with Crippen LogP contribution >= 0.6 is 0 Å². The minimum Gasteiger partial charge on any atom is -0.435 e. The summed E-state index contributed by atoms with van der Waals surface area (Å²) < 4.78 is 9.08. The molecule has 0 radical (unpaired) electrons. The lowest BCUT2D eigenvalue weighted by atomic mass is 10.4. The van der Waals surface area contributed by atoms with E-state index in [1.54, 1.807) is 0 Å². The van der Waals surface area contributed by atoms with Gasteiger partial charge in [-0.05, 0) is 6.92 Å². The number of rotatable bonds is 5. The summed E-state index contributed by atoms with van der Waals surface area (Å²) >= 11 is 0. The van der Waals surface area contributed by atoms with E-state index in [2.05, 4.69) is 21.0 Å². The summed E-state index contributed by atoms with van der Waals surface area (Å²) in [6.07, 6.45) is 1.27. The molecule has 0 aliphatic rings. The van der Waals surface area contributed by atoms with Gasteiger partial charge < -0.3 is 9.47 Å². The fraction of sp³-hybridized carbons (Fsp3) is 0.429. The van der Waals surface area contributed by atoms with Crippen LogP contribution in [0.2, 0.25) is 0 Å². The quantitative estimate of drug-likeness (QED) is 0.150. The number of hydrogen-bond donors (Lipinski definition) is 0. The predicted octanol–water partition coefficient (Wildman–Crippen LogP) is 0.373. The molecule has 0 heterocycles. The van der Waals surface area contributed by atoms with Crippen LogP contribution in [-0.2, 0) is 19.1 Å². The number of nitrogens with zero attached hydrogens (tertiary/aromatic N) is 1. The van der Waals surface area contributed by atoms with Crippen molar-refractivity contribution in [2.75, 3.05) is 13.5 Å². The van der Waals surface area contributed by atoms with Crippen LogP contribution in [0.4, 0.5) is 0 Å². The Labute approximate surface area is 69.7 Å². The number of esters is 1. The van der Waals surface area contributed by atoms with Gasteiger partial charge in [0, 0.05) is 5.57 Å². The molecular weight excluding hydrogens is 162 g/mol. The first-order valence-corrected chi connectivity index (χ1v) is 3.12. The maximum absolute atomic E-state index is 10.7. The van der Waals surface area contributed by atoms with Gasteiger partial charge in [0.1, 0.15) is 0 Å². The largest absolute Gasteiger partial charge is 0.435 e. The lowest BCUT2D eigenvalue weighted by Crippen LogP contribution is -2.08. The highest BCUT2D eigenvalue weighted by Crippen LogP contribution is 1.91. The molecule has 0 aliphatic heterocycles. The van der Waals surface area contributed by atoms with E-state index in [1.165, 1.54) is 13.0 Å². The Morgan fingerprint density at radius 2 is 2.33 bits per heavy atom. The van der Waals surface area contributed by atoms with Gasteiger partial charge in [-0.3, -0.25) is 0 Å². The van der Waals surface area contributed by atoms with Crippen molar-refractivity contribution in [1.29, 1.82) is 0 Å². The average Bonchev–Trinajstić information content (AvgIpc) is 2.03. The molecule has 0 fully saturated rings. The van der Waals surface area contributed by atoms with Crippen molar-refractivity contribution in [3.8, 4) is 0 Å². The summed E-state index contributed by atoms with van der Waals surface area (Å²) in [4.78, 5) is 23.3. The molecule has 0 aliphatic carbocycles. The van der Waals surface area contributed by atoms with Crippen molar-refractivity contribution >= 4 is 12.0 Å². The fourth-order valence-corrected chi connectivity index (χ4v) is 0.328. The van der Waals surface area contributed by atoms with E-state index in [0.717, 1.165) is 0 Å². The second-order valence-electron chi connectivity index (χ2n) is 1.91. The predicted molar refractivity (Wildman–Crippen MR) is 39.8 cm³/mol. The Morgan fingerprint density at radius 1 is 1.67 bits per heavy atom. The summed E-state index contributed by atoms with van der Waals surface area (Å²) in [7, 11) is 0. The summed E-state index contributed by atoms with van der Waals surface area (Å²) in [5.41, 5.74) is 0.289. The smallest absolute Gasteiger partial charge is 0.335 e. The molecular formula is C7H9NO4. The van der Waals surface area contributed by atoms with Crippen LogP contribution in [0.1, 0.15) is 6.92 Å². The summed E-state index contributed by atoms with van der Waals surface area (Å²) in [6, 6.07) is 0. The highest BCUT2D eigenvalue weighted by Gasteiger charge is 2.00. The number of aliphatic imine (C=N–C) groups is 1. The van der Waals surface area contributed by atoms with Crippen molar-refractivity contribution in [2.45, 2.75) is 6.92 Å². The minimum absolute atomic E-state index is 0.160. The highest BCUT2D eigenvalue weighted by molar-refractivity contribution is 5.86. The van der Waals surface area contributed by atoms with Crippen molar-refractivity contribution < 1.29 is 19.1 Å². The van der Waals surface area contributed by atoms with Crippen LogP contribution < -0.4 is 0 Å². The maximum Gasteiger partial charge on any atom is 0.335 e. The van der Waals surface area contributed by atoms with E-state index in [1.807, 2.05) is 0 Å². The monoisotopic (exact) mass is 171 g/mol. The standard InChI is InChI=1S/C7H9NO4/c1-6(2)7(10)12-5-11-4-8-3-9/h1,4-5H2,2H3. The van der Waals surface area contributed by atoms with Gasteiger partial charge in [-0.25, -0.2) is 9.59 Å². The van der Waals surface area contributed by atoms with Gasteiger partial charge in [0.05, 0.1) is 0 Å². The Balaban J connectivity index is 3.37. The van der Waals surface area contributed by atoms with Gasteiger partial charge in [0.2, 0.25) is 6.08 Å². The van der Waals surface area contributed by atoms with E-state index in [4.69, 9.17) is 0 Å². The van der Waals surface area contributed by atoms with Crippen molar-refractivity contribution in [3.63, 3.8) is 0 Å². The molecule has 0 rings (SSSR count). The normalized spacial score (nSPS) is 8.42. The number of isocyanates is 1. The Bertz CT molecular complexity index is 217. The van der Waals surface area contributed by atoms with Gasteiger partial charge in [-0.1, -0.05) is 6.58 Å². The summed E-state index contributed by atoms with van der Waals surface area (Å²) in [5, 5.41) is 0. The number of hydrogen-bond acceptors (Lipinski definition) is 5. The maximum atomic E-state index is 10.7. The van der Waals surface area contributed by atoms with E-state index in [9.17, 15) is 9.59 Å². The molecule has 0 saturated carbocycles. The van der Waals surface area contributed by atoms with Crippen LogP contribution in [-0.4, -0.2) is 25.6 Å².